The SMILES string of the molecule is Cl.NCCc1cccc(-c2cccc(OCc3ccccc3)c2)c1. The van der Waals surface area contributed by atoms with Gasteiger partial charge in [0.25, 0.3) is 0 Å². The second kappa shape index (κ2) is 9.11. The zero-order chi connectivity index (χ0) is 15.9. The molecule has 0 amide bonds. The van der Waals surface area contributed by atoms with Crippen LogP contribution in [0.5, 0.6) is 5.75 Å². The lowest BCUT2D eigenvalue weighted by atomic mass is 10.0. The highest BCUT2D eigenvalue weighted by Gasteiger charge is 2.02. The third-order valence-electron chi connectivity index (χ3n) is 3.78. The van der Waals surface area contributed by atoms with Crippen LogP contribution in [0.15, 0.2) is 78.9 Å². The number of rotatable bonds is 6. The Morgan fingerprint density at radius 2 is 1.38 bits per heavy atom. The second-order valence-electron chi connectivity index (χ2n) is 5.54. The molecular weight excluding hydrogens is 318 g/mol. The largest absolute Gasteiger partial charge is 0.489 e. The van der Waals surface area contributed by atoms with Crippen LogP contribution in [-0.2, 0) is 13.0 Å². The molecule has 0 spiro atoms. The van der Waals surface area contributed by atoms with Crippen LogP contribution >= 0.6 is 12.4 Å². The highest BCUT2D eigenvalue weighted by atomic mass is 35.5. The zero-order valence-electron chi connectivity index (χ0n) is 13.5. The van der Waals surface area contributed by atoms with Gasteiger partial charge >= 0.3 is 0 Å². The van der Waals surface area contributed by atoms with Gasteiger partial charge in [-0.2, -0.15) is 0 Å². The summed E-state index contributed by atoms with van der Waals surface area (Å²) in [7, 11) is 0. The molecule has 0 fully saturated rings. The van der Waals surface area contributed by atoms with Gasteiger partial charge in [0.1, 0.15) is 12.4 Å². The van der Waals surface area contributed by atoms with E-state index in [1.807, 2.05) is 30.3 Å². The van der Waals surface area contributed by atoms with Gasteiger partial charge in [-0.05, 0) is 47.4 Å². The summed E-state index contributed by atoms with van der Waals surface area (Å²) in [5.74, 6) is 0.885. The van der Waals surface area contributed by atoms with Gasteiger partial charge in [-0.1, -0.05) is 66.7 Å². The van der Waals surface area contributed by atoms with Crippen molar-refractivity contribution in [2.45, 2.75) is 13.0 Å². The van der Waals surface area contributed by atoms with Crippen molar-refractivity contribution in [2.24, 2.45) is 5.73 Å². The van der Waals surface area contributed by atoms with Crippen molar-refractivity contribution < 1.29 is 4.74 Å². The molecule has 0 aliphatic carbocycles. The molecule has 2 nitrogen and oxygen atoms in total. The molecule has 3 heteroatoms. The van der Waals surface area contributed by atoms with Gasteiger partial charge in [0.15, 0.2) is 0 Å². The number of nitrogens with two attached hydrogens (primary N) is 1. The maximum absolute atomic E-state index is 5.91. The van der Waals surface area contributed by atoms with Crippen LogP contribution in [0.3, 0.4) is 0 Å². The Hall–Kier alpha value is -2.29. The molecule has 0 aromatic heterocycles. The molecule has 0 saturated heterocycles. The number of hydrogen-bond donors (Lipinski definition) is 1. The van der Waals surface area contributed by atoms with E-state index in [4.69, 9.17) is 10.5 Å². The smallest absolute Gasteiger partial charge is 0.120 e. The first kappa shape index (κ1) is 18.1. The molecule has 0 heterocycles. The van der Waals surface area contributed by atoms with Crippen molar-refractivity contribution in [3.8, 4) is 16.9 Å². The fourth-order valence-corrected chi connectivity index (χ4v) is 2.58. The average molecular weight is 340 g/mol. The van der Waals surface area contributed by atoms with E-state index in [0.29, 0.717) is 13.2 Å². The summed E-state index contributed by atoms with van der Waals surface area (Å²) in [5, 5.41) is 0. The molecule has 0 aliphatic heterocycles. The molecular formula is C21H22ClNO. The summed E-state index contributed by atoms with van der Waals surface area (Å²) in [5.41, 5.74) is 10.4. The Bertz CT molecular complexity index is 759. The predicted octanol–water partition coefficient (Wildman–Crippen LogP) is 4.86. The molecule has 0 atom stereocenters. The van der Waals surface area contributed by atoms with Gasteiger partial charge in [0.05, 0.1) is 0 Å². The third kappa shape index (κ3) is 4.85. The quantitative estimate of drug-likeness (QED) is 0.696. The van der Waals surface area contributed by atoms with E-state index >= 15 is 0 Å². The van der Waals surface area contributed by atoms with E-state index in [1.165, 1.54) is 16.7 Å². The Kier molecular flexibility index (Phi) is 6.86. The lowest BCUT2D eigenvalue weighted by molar-refractivity contribution is 0.306. The Balaban J connectivity index is 0.00000208. The van der Waals surface area contributed by atoms with Crippen LogP contribution in [0.25, 0.3) is 11.1 Å². The zero-order valence-corrected chi connectivity index (χ0v) is 14.3. The average Bonchev–Trinajstić information content (AvgIpc) is 2.62. The van der Waals surface area contributed by atoms with E-state index in [2.05, 4.69) is 48.5 Å². The van der Waals surface area contributed by atoms with E-state index in [-0.39, 0.29) is 12.4 Å². The molecule has 3 rings (SSSR count). The normalized spacial score (nSPS) is 10.0. The van der Waals surface area contributed by atoms with Crippen molar-refractivity contribution in [3.05, 3.63) is 90.0 Å². The van der Waals surface area contributed by atoms with Crippen LogP contribution in [0.4, 0.5) is 0 Å². The highest BCUT2D eigenvalue weighted by molar-refractivity contribution is 5.85. The van der Waals surface area contributed by atoms with E-state index in [1.54, 1.807) is 0 Å². The summed E-state index contributed by atoms with van der Waals surface area (Å²) in [6, 6.07) is 26.9. The first-order chi connectivity index (χ1) is 11.3. The summed E-state index contributed by atoms with van der Waals surface area (Å²) in [4.78, 5) is 0. The first-order valence-corrected chi connectivity index (χ1v) is 7.91. The molecule has 3 aromatic rings. The van der Waals surface area contributed by atoms with E-state index in [9.17, 15) is 0 Å². The lowest BCUT2D eigenvalue weighted by Crippen LogP contribution is -2.02. The maximum Gasteiger partial charge on any atom is 0.120 e. The third-order valence-corrected chi connectivity index (χ3v) is 3.78. The number of ether oxygens (including phenoxy) is 1. The molecule has 24 heavy (non-hydrogen) atoms. The maximum atomic E-state index is 5.91. The van der Waals surface area contributed by atoms with Crippen molar-refractivity contribution in [2.75, 3.05) is 6.54 Å². The highest BCUT2D eigenvalue weighted by Crippen LogP contribution is 2.25. The van der Waals surface area contributed by atoms with Gasteiger partial charge in [0, 0.05) is 0 Å². The summed E-state index contributed by atoms with van der Waals surface area (Å²) < 4.78 is 5.91. The standard InChI is InChI=1S/C21H21NO.ClH/c22-13-12-17-8-4-9-19(14-17)20-10-5-11-21(15-20)23-16-18-6-2-1-3-7-18;/h1-11,14-15H,12-13,16,22H2;1H. The molecule has 124 valence electrons. The molecule has 0 radical (unpaired) electrons. The lowest BCUT2D eigenvalue weighted by Gasteiger charge is -2.09. The van der Waals surface area contributed by atoms with Crippen molar-refractivity contribution in [3.63, 3.8) is 0 Å². The van der Waals surface area contributed by atoms with Crippen molar-refractivity contribution in [1.29, 1.82) is 0 Å². The van der Waals surface area contributed by atoms with Gasteiger partial charge in [-0.15, -0.1) is 12.4 Å². The Morgan fingerprint density at radius 1 is 0.708 bits per heavy atom. The fraction of sp³-hybridized carbons (Fsp3) is 0.143. The molecule has 2 N–H and O–H groups in total. The topological polar surface area (TPSA) is 35.2 Å². The molecule has 0 bridgehead atoms. The number of halogens is 1. The van der Waals surface area contributed by atoms with Gasteiger partial charge in [0.2, 0.25) is 0 Å². The summed E-state index contributed by atoms with van der Waals surface area (Å²) >= 11 is 0. The summed E-state index contributed by atoms with van der Waals surface area (Å²) in [6.45, 7) is 1.25. The van der Waals surface area contributed by atoms with Gasteiger partial charge in [-0.25, -0.2) is 0 Å². The number of hydrogen-bond acceptors (Lipinski definition) is 2. The fourth-order valence-electron chi connectivity index (χ4n) is 2.58. The minimum absolute atomic E-state index is 0. The second-order valence-corrected chi connectivity index (χ2v) is 5.54. The first-order valence-electron chi connectivity index (χ1n) is 7.91. The van der Waals surface area contributed by atoms with Gasteiger partial charge in [-0.3, -0.25) is 0 Å². The Labute approximate surface area is 149 Å². The molecule has 0 saturated carbocycles. The van der Waals surface area contributed by atoms with Crippen LogP contribution in [0.2, 0.25) is 0 Å². The minimum atomic E-state index is 0. The van der Waals surface area contributed by atoms with Crippen LogP contribution < -0.4 is 10.5 Å². The molecule has 3 aromatic carbocycles. The van der Waals surface area contributed by atoms with Crippen LogP contribution in [0.1, 0.15) is 11.1 Å². The Morgan fingerprint density at radius 3 is 2.12 bits per heavy atom. The van der Waals surface area contributed by atoms with E-state index in [0.717, 1.165) is 17.7 Å². The molecule has 0 unspecified atom stereocenters. The predicted molar refractivity (Wildman–Crippen MR) is 103 cm³/mol. The van der Waals surface area contributed by atoms with Crippen molar-refractivity contribution >= 4 is 12.4 Å². The molecule has 0 aliphatic rings. The monoisotopic (exact) mass is 339 g/mol. The van der Waals surface area contributed by atoms with Crippen LogP contribution in [0, 0.1) is 0 Å². The van der Waals surface area contributed by atoms with Gasteiger partial charge < -0.3 is 10.5 Å². The van der Waals surface area contributed by atoms with E-state index < -0.39 is 0 Å². The number of benzene rings is 3. The van der Waals surface area contributed by atoms with Crippen LogP contribution in [-0.4, -0.2) is 6.54 Å². The summed E-state index contributed by atoms with van der Waals surface area (Å²) in [6.07, 6.45) is 0.901. The minimum Gasteiger partial charge on any atom is -0.489 e. The van der Waals surface area contributed by atoms with Crippen molar-refractivity contribution in [1.82, 2.24) is 0 Å².